The molecule has 1 aliphatic heterocycles. The van der Waals surface area contributed by atoms with Crippen LogP contribution in [0.25, 0.3) is 0 Å². The van der Waals surface area contributed by atoms with Crippen LogP contribution in [0.2, 0.25) is 5.02 Å². The van der Waals surface area contributed by atoms with Gasteiger partial charge in [0.1, 0.15) is 11.6 Å². The molecule has 0 unspecified atom stereocenters. The van der Waals surface area contributed by atoms with E-state index in [2.05, 4.69) is 0 Å². The Morgan fingerprint density at radius 2 is 1.64 bits per heavy atom. The maximum absolute atomic E-state index is 13.5. The third-order valence-corrected chi connectivity index (χ3v) is 6.85. The fraction of sp³-hybridized carbons (Fsp3) is 0.333. The second-order valence-electron chi connectivity index (χ2n) is 6.35. The summed E-state index contributed by atoms with van der Waals surface area (Å²) in [5.41, 5.74) is 0.487. The zero-order valence-corrected chi connectivity index (χ0v) is 15.2. The molecule has 2 atom stereocenters. The molecule has 0 amide bonds. The van der Waals surface area contributed by atoms with Gasteiger partial charge in [-0.15, -0.1) is 0 Å². The van der Waals surface area contributed by atoms with Crippen molar-refractivity contribution in [2.24, 2.45) is 0 Å². The van der Waals surface area contributed by atoms with Crippen molar-refractivity contribution in [1.82, 2.24) is 4.31 Å². The van der Waals surface area contributed by atoms with Gasteiger partial charge in [0.15, 0.2) is 0 Å². The highest BCUT2D eigenvalue weighted by Crippen LogP contribution is 2.34. The predicted octanol–water partition coefficient (Wildman–Crippen LogP) is 4.58. The molecule has 0 N–H and O–H groups in total. The highest BCUT2D eigenvalue weighted by molar-refractivity contribution is 7.89. The van der Waals surface area contributed by atoms with E-state index in [0.717, 1.165) is 6.07 Å². The fourth-order valence-corrected chi connectivity index (χ4v) is 5.07. The predicted molar refractivity (Wildman–Crippen MR) is 93.1 cm³/mol. The summed E-state index contributed by atoms with van der Waals surface area (Å²) in [7, 11) is -3.70. The van der Waals surface area contributed by atoms with E-state index in [9.17, 15) is 17.2 Å². The van der Waals surface area contributed by atoms with Crippen LogP contribution in [0.15, 0.2) is 47.4 Å². The van der Waals surface area contributed by atoms with Crippen molar-refractivity contribution in [3.63, 3.8) is 0 Å². The molecule has 3 nitrogen and oxygen atoms in total. The molecule has 2 aromatic carbocycles. The van der Waals surface area contributed by atoms with Gasteiger partial charge in [0.05, 0.1) is 4.90 Å². The molecular formula is C18H18ClF2NO2S. The average molecular weight is 386 g/mol. The van der Waals surface area contributed by atoms with Gasteiger partial charge < -0.3 is 0 Å². The Morgan fingerprint density at radius 3 is 2.24 bits per heavy atom. The molecule has 134 valence electrons. The number of piperidine rings is 1. The molecule has 1 saturated heterocycles. The van der Waals surface area contributed by atoms with Gasteiger partial charge in [-0.1, -0.05) is 11.6 Å². The highest BCUT2D eigenvalue weighted by atomic mass is 35.5. The van der Waals surface area contributed by atoms with Crippen LogP contribution in [0.1, 0.15) is 31.2 Å². The van der Waals surface area contributed by atoms with Crippen LogP contribution in [-0.4, -0.2) is 25.3 Å². The summed E-state index contributed by atoms with van der Waals surface area (Å²) in [6.07, 6.45) is 1.30. The number of rotatable bonds is 3. The zero-order valence-electron chi connectivity index (χ0n) is 13.6. The Hall–Kier alpha value is -1.50. The molecule has 0 aliphatic carbocycles. The summed E-state index contributed by atoms with van der Waals surface area (Å²) in [6, 6.07) is 9.18. The van der Waals surface area contributed by atoms with Gasteiger partial charge in [-0.05, 0) is 67.6 Å². The highest BCUT2D eigenvalue weighted by Gasteiger charge is 2.35. The lowest BCUT2D eigenvalue weighted by Crippen LogP contribution is -2.44. The normalized spacial score (nSPS) is 22.1. The maximum Gasteiger partial charge on any atom is 0.243 e. The zero-order chi connectivity index (χ0) is 18.2. The quantitative estimate of drug-likeness (QED) is 0.775. The molecule has 7 heteroatoms. The second-order valence-corrected chi connectivity index (χ2v) is 8.68. The first-order valence-electron chi connectivity index (χ1n) is 8.01. The summed E-state index contributed by atoms with van der Waals surface area (Å²) >= 11 is 5.83. The van der Waals surface area contributed by atoms with Gasteiger partial charge in [-0.3, -0.25) is 0 Å². The topological polar surface area (TPSA) is 37.4 Å². The monoisotopic (exact) mass is 385 g/mol. The second kappa shape index (κ2) is 7.02. The van der Waals surface area contributed by atoms with Crippen LogP contribution in [-0.2, 0) is 10.0 Å². The van der Waals surface area contributed by atoms with E-state index in [1.54, 1.807) is 0 Å². The minimum Gasteiger partial charge on any atom is -0.207 e. The number of nitrogens with zero attached hydrogens (tertiary/aromatic N) is 1. The summed E-state index contributed by atoms with van der Waals surface area (Å²) in [5, 5.41) is 0.457. The van der Waals surface area contributed by atoms with E-state index >= 15 is 0 Å². The summed E-state index contributed by atoms with van der Waals surface area (Å²) in [4.78, 5) is 0.162. The molecule has 0 bridgehead atoms. The summed E-state index contributed by atoms with van der Waals surface area (Å²) in [5.74, 6) is -1.55. The lowest BCUT2D eigenvalue weighted by molar-refractivity contribution is 0.244. The molecule has 2 aromatic rings. The number of halogens is 3. The third kappa shape index (κ3) is 3.86. The Morgan fingerprint density at radius 1 is 1.04 bits per heavy atom. The van der Waals surface area contributed by atoms with Crippen LogP contribution < -0.4 is 0 Å². The van der Waals surface area contributed by atoms with Crippen molar-refractivity contribution in [1.29, 1.82) is 0 Å². The fourth-order valence-electron chi connectivity index (χ4n) is 3.23. The SMILES string of the molecule is C[C@H]1CC[C@@H](c2cc(F)cc(F)c2)CN1S(=O)(=O)c1ccc(Cl)cc1. The number of hydrogen-bond acceptors (Lipinski definition) is 2. The van der Waals surface area contributed by atoms with Crippen molar-refractivity contribution in [2.75, 3.05) is 6.54 Å². The van der Waals surface area contributed by atoms with E-state index in [1.165, 1.54) is 40.7 Å². The van der Waals surface area contributed by atoms with Gasteiger partial charge >= 0.3 is 0 Å². The number of hydrogen-bond donors (Lipinski definition) is 0. The molecule has 1 fully saturated rings. The first-order chi connectivity index (χ1) is 11.8. The largest absolute Gasteiger partial charge is 0.243 e. The molecule has 25 heavy (non-hydrogen) atoms. The van der Waals surface area contributed by atoms with E-state index in [4.69, 9.17) is 11.6 Å². The standard InChI is InChI=1S/C18H18ClF2NO2S/c1-12-2-3-13(14-8-16(20)10-17(21)9-14)11-22(12)25(23,24)18-6-4-15(19)5-7-18/h4-10,12-13H,2-3,11H2,1H3/t12-,13+/m0/s1. The Kier molecular flexibility index (Phi) is 5.14. The molecule has 1 aliphatic rings. The van der Waals surface area contributed by atoms with E-state index in [0.29, 0.717) is 23.4 Å². The average Bonchev–Trinajstić information content (AvgIpc) is 2.54. The molecule has 0 spiro atoms. The van der Waals surface area contributed by atoms with Crippen LogP contribution in [0.4, 0.5) is 8.78 Å². The minimum absolute atomic E-state index is 0.162. The minimum atomic E-state index is -3.70. The van der Waals surface area contributed by atoms with Gasteiger partial charge in [0.2, 0.25) is 10.0 Å². The summed E-state index contributed by atoms with van der Waals surface area (Å²) in [6.45, 7) is 2.03. The molecule has 0 radical (unpaired) electrons. The Balaban J connectivity index is 1.91. The van der Waals surface area contributed by atoms with E-state index in [-0.39, 0.29) is 23.4 Å². The van der Waals surface area contributed by atoms with Crippen molar-refractivity contribution < 1.29 is 17.2 Å². The molecular weight excluding hydrogens is 368 g/mol. The van der Waals surface area contributed by atoms with E-state index < -0.39 is 21.7 Å². The molecule has 3 rings (SSSR count). The van der Waals surface area contributed by atoms with Crippen LogP contribution >= 0.6 is 11.6 Å². The van der Waals surface area contributed by atoms with Gasteiger partial charge in [0.25, 0.3) is 0 Å². The number of benzene rings is 2. The Labute approximate surface area is 151 Å². The van der Waals surface area contributed by atoms with Crippen molar-refractivity contribution in [2.45, 2.75) is 36.6 Å². The van der Waals surface area contributed by atoms with Gasteiger partial charge in [-0.2, -0.15) is 4.31 Å². The first-order valence-corrected chi connectivity index (χ1v) is 9.82. The molecule has 1 heterocycles. The van der Waals surface area contributed by atoms with Crippen molar-refractivity contribution in [3.05, 3.63) is 64.7 Å². The smallest absolute Gasteiger partial charge is 0.207 e. The first kappa shape index (κ1) is 18.3. The molecule has 0 aromatic heterocycles. The third-order valence-electron chi connectivity index (χ3n) is 4.60. The molecule has 0 saturated carbocycles. The van der Waals surface area contributed by atoms with Crippen molar-refractivity contribution in [3.8, 4) is 0 Å². The summed E-state index contributed by atoms with van der Waals surface area (Å²) < 4.78 is 54.3. The van der Waals surface area contributed by atoms with Crippen molar-refractivity contribution >= 4 is 21.6 Å². The Bertz CT molecular complexity index is 851. The van der Waals surface area contributed by atoms with Crippen LogP contribution in [0.5, 0.6) is 0 Å². The van der Waals surface area contributed by atoms with Gasteiger partial charge in [0, 0.05) is 23.7 Å². The van der Waals surface area contributed by atoms with Gasteiger partial charge in [-0.25, -0.2) is 17.2 Å². The lowest BCUT2D eigenvalue weighted by atomic mass is 9.89. The lowest BCUT2D eigenvalue weighted by Gasteiger charge is -2.37. The number of sulfonamides is 1. The van der Waals surface area contributed by atoms with E-state index in [1.807, 2.05) is 6.92 Å². The maximum atomic E-state index is 13.5. The van der Waals surface area contributed by atoms with Crippen LogP contribution in [0, 0.1) is 11.6 Å². The van der Waals surface area contributed by atoms with Crippen LogP contribution in [0.3, 0.4) is 0 Å².